The predicted molar refractivity (Wildman–Crippen MR) is 90.4 cm³/mol. The number of benzene rings is 1. The van der Waals surface area contributed by atoms with Crippen LogP contribution in [0.25, 0.3) is 0 Å². The van der Waals surface area contributed by atoms with Crippen LogP contribution in [0.5, 0.6) is 0 Å². The maximum Gasteiger partial charge on any atom is 0.410 e. The highest BCUT2D eigenvalue weighted by molar-refractivity contribution is 5.67. The largest absolute Gasteiger partial charge is 0.445 e. The fraction of sp³-hybridized carbons (Fsp3) is 0.500. The summed E-state index contributed by atoms with van der Waals surface area (Å²) in [7, 11) is 0. The highest BCUT2D eigenvalue weighted by Crippen LogP contribution is 2.11. The molecule has 0 unspecified atom stereocenters. The molecule has 1 aliphatic rings. The Labute approximate surface area is 138 Å². The van der Waals surface area contributed by atoms with Gasteiger partial charge in [0.05, 0.1) is 0 Å². The van der Waals surface area contributed by atoms with E-state index in [1.807, 2.05) is 49.1 Å². The maximum absolute atomic E-state index is 12.1. The second-order valence-corrected chi connectivity index (χ2v) is 6.34. The van der Waals surface area contributed by atoms with Crippen molar-refractivity contribution in [2.24, 2.45) is 11.1 Å². The monoisotopic (exact) mass is 315 g/mol. The first kappa shape index (κ1) is 17.2. The quantitative estimate of drug-likeness (QED) is 0.865. The van der Waals surface area contributed by atoms with E-state index in [0.29, 0.717) is 26.2 Å². The lowest BCUT2D eigenvalue weighted by Crippen LogP contribution is -2.47. The van der Waals surface area contributed by atoms with E-state index < -0.39 is 0 Å². The molecule has 124 valence electrons. The van der Waals surface area contributed by atoms with Gasteiger partial charge in [-0.2, -0.15) is 0 Å². The first-order chi connectivity index (χ1) is 11.0. The Balaban J connectivity index is 1.76. The number of carbonyl (C=O) groups is 1. The van der Waals surface area contributed by atoms with Crippen LogP contribution in [-0.2, 0) is 11.3 Å². The van der Waals surface area contributed by atoms with Crippen molar-refractivity contribution in [1.82, 2.24) is 9.80 Å². The van der Waals surface area contributed by atoms with Crippen molar-refractivity contribution < 1.29 is 9.53 Å². The molecule has 0 atom stereocenters. The highest BCUT2D eigenvalue weighted by Gasteiger charge is 2.21. The van der Waals surface area contributed by atoms with Gasteiger partial charge in [-0.1, -0.05) is 36.3 Å². The SMILES string of the molecule is CC(C)(C#CN1CCN(C(=O)OCc2ccccc2)CC1)CN. The number of rotatable bonds is 3. The predicted octanol–water partition coefficient (Wildman–Crippen LogP) is 1.89. The van der Waals surface area contributed by atoms with E-state index in [9.17, 15) is 4.79 Å². The van der Waals surface area contributed by atoms with E-state index in [1.165, 1.54) is 0 Å². The van der Waals surface area contributed by atoms with Crippen molar-refractivity contribution in [3.63, 3.8) is 0 Å². The van der Waals surface area contributed by atoms with Gasteiger partial charge in [0.1, 0.15) is 6.61 Å². The highest BCUT2D eigenvalue weighted by atomic mass is 16.6. The van der Waals surface area contributed by atoms with E-state index in [2.05, 4.69) is 12.0 Å². The Bertz CT molecular complexity index is 567. The number of piperazine rings is 1. The summed E-state index contributed by atoms with van der Waals surface area (Å²) in [6.45, 7) is 7.61. The summed E-state index contributed by atoms with van der Waals surface area (Å²) in [5.74, 6) is 3.19. The standard InChI is InChI=1S/C18H25N3O2/c1-18(2,15-19)8-9-20-10-12-21(13-11-20)17(22)23-14-16-6-4-3-5-7-16/h3-7H,10-15,19H2,1-2H3. The molecule has 1 fully saturated rings. The fourth-order valence-corrected chi connectivity index (χ4v) is 2.09. The van der Waals surface area contributed by atoms with Gasteiger partial charge >= 0.3 is 6.09 Å². The van der Waals surface area contributed by atoms with Gasteiger partial charge in [0.15, 0.2) is 0 Å². The first-order valence-corrected chi connectivity index (χ1v) is 7.94. The van der Waals surface area contributed by atoms with Crippen molar-refractivity contribution in [3.8, 4) is 12.0 Å². The van der Waals surface area contributed by atoms with Gasteiger partial charge in [-0.15, -0.1) is 0 Å². The molecule has 2 N–H and O–H groups in total. The fourth-order valence-electron chi connectivity index (χ4n) is 2.09. The lowest BCUT2D eigenvalue weighted by molar-refractivity contribution is 0.0813. The van der Waals surface area contributed by atoms with Crippen LogP contribution in [0, 0.1) is 17.4 Å². The van der Waals surface area contributed by atoms with Crippen LogP contribution in [0.15, 0.2) is 30.3 Å². The molecule has 1 aromatic rings. The van der Waals surface area contributed by atoms with Gasteiger partial charge in [-0.05, 0) is 19.4 Å². The minimum atomic E-state index is -0.260. The molecule has 23 heavy (non-hydrogen) atoms. The minimum Gasteiger partial charge on any atom is -0.445 e. The number of amides is 1. The number of nitrogens with zero attached hydrogens (tertiary/aromatic N) is 2. The number of carbonyl (C=O) groups excluding carboxylic acids is 1. The molecule has 1 aromatic carbocycles. The Kier molecular flexibility index (Phi) is 5.89. The normalized spacial score (nSPS) is 14.9. The van der Waals surface area contributed by atoms with E-state index >= 15 is 0 Å². The van der Waals surface area contributed by atoms with E-state index in [4.69, 9.17) is 10.5 Å². The van der Waals surface area contributed by atoms with Gasteiger partial charge in [0.2, 0.25) is 0 Å². The molecule has 1 saturated heterocycles. The third kappa shape index (κ3) is 5.50. The summed E-state index contributed by atoms with van der Waals surface area (Å²) in [6.07, 6.45) is -0.260. The molecule has 0 aromatic heterocycles. The third-order valence-corrected chi connectivity index (χ3v) is 3.81. The van der Waals surface area contributed by atoms with Crippen LogP contribution in [0.4, 0.5) is 4.79 Å². The van der Waals surface area contributed by atoms with Crippen LogP contribution < -0.4 is 5.73 Å². The van der Waals surface area contributed by atoms with Crippen molar-refractivity contribution in [1.29, 1.82) is 0 Å². The maximum atomic E-state index is 12.1. The molecule has 0 aliphatic carbocycles. The molecule has 2 rings (SSSR count). The second kappa shape index (κ2) is 7.89. The van der Waals surface area contributed by atoms with Crippen LogP contribution in [0.3, 0.4) is 0 Å². The molecule has 5 nitrogen and oxygen atoms in total. The smallest absolute Gasteiger partial charge is 0.410 e. The third-order valence-electron chi connectivity index (χ3n) is 3.81. The molecular formula is C18H25N3O2. The molecule has 1 aliphatic heterocycles. The number of ether oxygens (including phenoxy) is 1. The average Bonchev–Trinajstić information content (AvgIpc) is 2.59. The van der Waals surface area contributed by atoms with Crippen molar-refractivity contribution in [3.05, 3.63) is 35.9 Å². The molecular weight excluding hydrogens is 290 g/mol. The van der Waals surface area contributed by atoms with Crippen LogP contribution in [0.1, 0.15) is 19.4 Å². The van der Waals surface area contributed by atoms with Crippen molar-refractivity contribution >= 4 is 6.09 Å². The van der Waals surface area contributed by atoms with Gasteiger partial charge in [0, 0.05) is 44.2 Å². The summed E-state index contributed by atoms with van der Waals surface area (Å²) in [4.78, 5) is 15.8. The molecule has 5 heteroatoms. The molecule has 1 heterocycles. The molecule has 0 spiro atoms. The van der Waals surface area contributed by atoms with Gasteiger partial charge in [-0.3, -0.25) is 0 Å². The van der Waals surface area contributed by atoms with Gasteiger partial charge < -0.3 is 20.3 Å². The lowest BCUT2D eigenvalue weighted by atomic mass is 9.95. The average molecular weight is 315 g/mol. The van der Waals surface area contributed by atoms with Gasteiger partial charge in [0.25, 0.3) is 0 Å². The number of hydrogen-bond donors (Lipinski definition) is 1. The van der Waals surface area contributed by atoms with Crippen molar-refractivity contribution in [2.75, 3.05) is 32.7 Å². The zero-order valence-electron chi connectivity index (χ0n) is 13.9. The van der Waals surface area contributed by atoms with E-state index in [-0.39, 0.29) is 11.5 Å². The summed E-state index contributed by atoms with van der Waals surface area (Å²) in [5, 5.41) is 0. The Hall–Kier alpha value is -2.19. The van der Waals surface area contributed by atoms with E-state index in [1.54, 1.807) is 4.90 Å². The van der Waals surface area contributed by atoms with Crippen LogP contribution >= 0.6 is 0 Å². The minimum absolute atomic E-state index is 0.175. The zero-order chi connectivity index (χ0) is 16.7. The molecule has 0 bridgehead atoms. The summed E-state index contributed by atoms with van der Waals surface area (Å²) in [6, 6.07) is 12.9. The molecule has 0 saturated carbocycles. The zero-order valence-corrected chi connectivity index (χ0v) is 13.9. The summed E-state index contributed by atoms with van der Waals surface area (Å²) >= 11 is 0. The summed E-state index contributed by atoms with van der Waals surface area (Å²) < 4.78 is 5.35. The molecule has 0 radical (unpaired) electrons. The Morgan fingerprint density at radius 2 is 1.87 bits per heavy atom. The number of nitrogens with two attached hydrogens (primary N) is 1. The van der Waals surface area contributed by atoms with Gasteiger partial charge in [-0.25, -0.2) is 4.79 Å². The van der Waals surface area contributed by atoms with E-state index in [0.717, 1.165) is 18.7 Å². The topological polar surface area (TPSA) is 58.8 Å². The van der Waals surface area contributed by atoms with Crippen LogP contribution in [0.2, 0.25) is 0 Å². The molecule has 1 amide bonds. The first-order valence-electron chi connectivity index (χ1n) is 7.94. The Morgan fingerprint density at radius 3 is 2.48 bits per heavy atom. The van der Waals surface area contributed by atoms with Crippen LogP contribution in [-0.4, -0.2) is 48.6 Å². The lowest BCUT2D eigenvalue weighted by Gasteiger charge is -2.32. The number of hydrogen-bond acceptors (Lipinski definition) is 4. The van der Waals surface area contributed by atoms with Crippen molar-refractivity contribution in [2.45, 2.75) is 20.5 Å². The second-order valence-electron chi connectivity index (χ2n) is 6.34. The Morgan fingerprint density at radius 1 is 1.22 bits per heavy atom. The summed E-state index contributed by atoms with van der Waals surface area (Å²) in [5.41, 5.74) is 6.49.